The van der Waals surface area contributed by atoms with Crippen LogP contribution >= 0.6 is 63.7 Å². The van der Waals surface area contributed by atoms with Gasteiger partial charge in [0.1, 0.15) is 0 Å². The highest BCUT2D eigenvalue weighted by atomic mass is 79.9. The molecule has 1 saturated heterocycles. The monoisotopic (exact) mass is 508 g/mol. The number of alkyl halides is 2. The van der Waals surface area contributed by atoms with Crippen LogP contribution in [0.25, 0.3) is 0 Å². The third-order valence-corrected chi connectivity index (χ3v) is 6.65. The largest absolute Gasteiger partial charge is 0.329 e. The SMILES string of the molecule is Brc1cccc(C2(c3ccccc3)OC2(Br)Br)c1Br. The van der Waals surface area contributed by atoms with E-state index in [1.807, 2.05) is 30.3 Å². The Morgan fingerprint density at radius 1 is 0.842 bits per heavy atom. The second-order valence-electron chi connectivity index (χ2n) is 4.27. The molecule has 1 heterocycles. The molecule has 0 aromatic heterocycles. The predicted octanol–water partition coefficient (Wildman–Crippen LogP) is 5.93. The lowest BCUT2D eigenvalue weighted by molar-refractivity contribution is 0.341. The van der Waals surface area contributed by atoms with Gasteiger partial charge in [0.2, 0.25) is 3.42 Å². The molecule has 0 N–H and O–H groups in total. The fourth-order valence-electron chi connectivity index (χ4n) is 2.21. The van der Waals surface area contributed by atoms with Crippen molar-refractivity contribution in [1.82, 2.24) is 0 Å². The quantitative estimate of drug-likeness (QED) is 0.360. The second-order valence-corrected chi connectivity index (χ2v) is 9.21. The molecule has 0 radical (unpaired) electrons. The number of epoxide rings is 1. The van der Waals surface area contributed by atoms with Gasteiger partial charge in [0.05, 0.1) is 0 Å². The van der Waals surface area contributed by atoms with E-state index in [9.17, 15) is 0 Å². The number of halogens is 4. The van der Waals surface area contributed by atoms with Crippen molar-refractivity contribution in [3.8, 4) is 0 Å². The molecule has 3 rings (SSSR count). The van der Waals surface area contributed by atoms with Crippen LogP contribution in [0.3, 0.4) is 0 Å². The van der Waals surface area contributed by atoms with E-state index in [0.717, 1.165) is 20.1 Å². The normalized spacial score (nSPS) is 24.2. The topological polar surface area (TPSA) is 12.5 Å². The number of ether oxygens (including phenoxy) is 1. The summed E-state index contributed by atoms with van der Waals surface area (Å²) in [5, 5.41) is 0. The second kappa shape index (κ2) is 4.95. The van der Waals surface area contributed by atoms with E-state index in [0.29, 0.717) is 0 Å². The van der Waals surface area contributed by atoms with E-state index in [2.05, 4.69) is 81.9 Å². The summed E-state index contributed by atoms with van der Waals surface area (Å²) in [6.07, 6.45) is 0. The standard InChI is InChI=1S/C14H8Br4O/c15-11-8-4-7-10(12(11)16)13(14(17,18)19-13)9-5-2-1-3-6-9/h1-8H. The highest BCUT2D eigenvalue weighted by molar-refractivity contribution is 9.25. The van der Waals surface area contributed by atoms with E-state index < -0.39 is 9.02 Å². The minimum Gasteiger partial charge on any atom is -0.329 e. The van der Waals surface area contributed by atoms with E-state index in [-0.39, 0.29) is 0 Å². The molecule has 0 amide bonds. The third-order valence-electron chi connectivity index (χ3n) is 3.16. The van der Waals surface area contributed by atoms with Crippen LogP contribution in [-0.2, 0) is 10.3 Å². The van der Waals surface area contributed by atoms with Gasteiger partial charge in [-0.3, -0.25) is 0 Å². The van der Waals surface area contributed by atoms with Crippen molar-refractivity contribution < 1.29 is 4.74 Å². The molecule has 1 aliphatic heterocycles. The van der Waals surface area contributed by atoms with Crippen molar-refractivity contribution in [2.24, 2.45) is 0 Å². The maximum Gasteiger partial charge on any atom is 0.216 e. The summed E-state index contributed by atoms with van der Waals surface area (Å²) in [7, 11) is 0. The Bertz CT molecular complexity index is 627. The van der Waals surface area contributed by atoms with E-state index >= 15 is 0 Å². The van der Waals surface area contributed by atoms with E-state index in [1.165, 1.54) is 0 Å². The first kappa shape index (κ1) is 14.3. The summed E-state index contributed by atoms with van der Waals surface area (Å²) in [6.45, 7) is 0. The maximum atomic E-state index is 5.98. The number of hydrogen-bond donors (Lipinski definition) is 0. The van der Waals surface area contributed by atoms with Crippen LogP contribution in [0.4, 0.5) is 0 Å². The van der Waals surface area contributed by atoms with Gasteiger partial charge in [-0.1, -0.05) is 42.5 Å². The Hall–Kier alpha value is 0.320. The molecule has 2 aromatic carbocycles. The third kappa shape index (κ3) is 2.18. The number of hydrogen-bond acceptors (Lipinski definition) is 1. The molecule has 2 aromatic rings. The van der Waals surface area contributed by atoms with Gasteiger partial charge in [0.15, 0.2) is 5.60 Å². The van der Waals surface area contributed by atoms with Gasteiger partial charge in [-0.05, 0) is 75.3 Å². The lowest BCUT2D eigenvalue weighted by Crippen LogP contribution is -2.17. The number of benzene rings is 2. The van der Waals surface area contributed by atoms with Crippen LogP contribution in [0.15, 0.2) is 57.5 Å². The fraction of sp³-hybridized carbons (Fsp3) is 0.143. The van der Waals surface area contributed by atoms with Gasteiger partial charge >= 0.3 is 0 Å². The minimum atomic E-state index is -0.572. The van der Waals surface area contributed by atoms with Crippen molar-refractivity contribution in [3.05, 3.63) is 68.6 Å². The molecule has 98 valence electrons. The van der Waals surface area contributed by atoms with Gasteiger partial charge < -0.3 is 4.74 Å². The molecule has 1 unspecified atom stereocenters. The van der Waals surface area contributed by atoms with Gasteiger partial charge in [-0.15, -0.1) is 0 Å². The molecule has 5 heteroatoms. The highest BCUT2D eigenvalue weighted by Gasteiger charge is 2.70. The number of rotatable bonds is 2. The van der Waals surface area contributed by atoms with Gasteiger partial charge in [0.25, 0.3) is 0 Å². The highest BCUT2D eigenvalue weighted by Crippen LogP contribution is 2.68. The van der Waals surface area contributed by atoms with Crippen LogP contribution in [0.1, 0.15) is 11.1 Å². The molecular weight excluding hydrogens is 504 g/mol. The van der Waals surface area contributed by atoms with Crippen molar-refractivity contribution >= 4 is 63.7 Å². The van der Waals surface area contributed by atoms with Crippen molar-refractivity contribution in [3.63, 3.8) is 0 Å². The van der Waals surface area contributed by atoms with Gasteiger partial charge in [0, 0.05) is 14.5 Å². The average Bonchev–Trinajstić information content (AvgIpc) is 2.98. The predicted molar refractivity (Wildman–Crippen MR) is 90.7 cm³/mol. The summed E-state index contributed by atoms with van der Waals surface area (Å²) in [5.41, 5.74) is 1.64. The first-order valence-electron chi connectivity index (χ1n) is 5.57. The Balaban J connectivity index is 2.22. The van der Waals surface area contributed by atoms with Crippen LogP contribution in [0.2, 0.25) is 0 Å². The van der Waals surface area contributed by atoms with Crippen LogP contribution < -0.4 is 0 Å². The lowest BCUT2D eigenvalue weighted by atomic mass is 9.92. The molecule has 0 bridgehead atoms. The first-order valence-corrected chi connectivity index (χ1v) is 8.74. The van der Waals surface area contributed by atoms with E-state index in [1.54, 1.807) is 0 Å². The summed E-state index contributed by atoms with van der Waals surface area (Å²) in [6, 6.07) is 16.2. The average molecular weight is 512 g/mol. The van der Waals surface area contributed by atoms with Crippen molar-refractivity contribution in [2.45, 2.75) is 9.02 Å². The zero-order chi connectivity index (χ0) is 13.7. The van der Waals surface area contributed by atoms with E-state index in [4.69, 9.17) is 4.74 Å². The van der Waals surface area contributed by atoms with Crippen LogP contribution in [-0.4, -0.2) is 3.42 Å². The lowest BCUT2D eigenvalue weighted by Gasteiger charge is -2.17. The summed E-state index contributed by atoms with van der Waals surface area (Å²) in [4.78, 5) is 0. The molecule has 0 aliphatic carbocycles. The molecular formula is C14H8Br4O. The van der Waals surface area contributed by atoms with Gasteiger partial charge in [-0.25, -0.2) is 0 Å². The van der Waals surface area contributed by atoms with Crippen molar-refractivity contribution in [2.75, 3.05) is 0 Å². The smallest absolute Gasteiger partial charge is 0.216 e. The molecule has 1 aliphatic rings. The fourth-order valence-corrected chi connectivity index (χ4v) is 4.49. The maximum absolute atomic E-state index is 5.98. The summed E-state index contributed by atoms with van der Waals surface area (Å²) >= 11 is 14.4. The molecule has 1 fully saturated rings. The van der Waals surface area contributed by atoms with Crippen LogP contribution in [0.5, 0.6) is 0 Å². The molecule has 19 heavy (non-hydrogen) atoms. The Morgan fingerprint density at radius 3 is 2.05 bits per heavy atom. The van der Waals surface area contributed by atoms with Crippen molar-refractivity contribution in [1.29, 1.82) is 0 Å². The Kier molecular flexibility index (Phi) is 3.72. The molecule has 1 nitrogen and oxygen atoms in total. The summed E-state index contributed by atoms with van der Waals surface area (Å²) in [5.74, 6) is 0. The van der Waals surface area contributed by atoms with Gasteiger partial charge in [-0.2, -0.15) is 0 Å². The molecule has 0 spiro atoms. The molecule has 1 atom stereocenters. The zero-order valence-electron chi connectivity index (χ0n) is 9.54. The Morgan fingerprint density at radius 2 is 1.47 bits per heavy atom. The summed E-state index contributed by atoms with van der Waals surface area (Å²) < 4.78 is 7.42. The zero-order valence-corrected chi connectivity index (χ0v) is 15.9. The molecule has 0 saturated carbocycles. The minimum absolute atomic E-state index is 0.531. The first-order chi connectivity index (χ1) is 8.99. The Labute approximate surface area is 145 Å². The van der Waals surface area contributed by atoms with Crippen LogP contribution in [0, 0.1) is 0 Å².